The van der Waals surface area contributed by atoms with E-state index >= 15 is 0 Å². The Labute approximate surface area is 111 Å². The molecule has 1 aromatic heterocycles. The number of benzene rings is 2. The molecule has 0 unspecified atom stereocenters. The summed E-state index contributed by atoms with van der Waals surface area (Å²) >= 11 is 0. The molecule has 2 N–H and O–H groups in total. The zero-order valence-electron chi connectivity index (χ0n) is 10.7. The fourth-order valence-corrected chi connectivity index (χ4v) is 2.16. The third kappa shape index (κ3) is 2.10. The summed E-state index contributed by atoms with van der Waals surface area (Å²) in [5.74, 6) is 6.95. The minimum atomic E-state index is 0.868. The van der Waals surface area contributed by atoms with Crippen LogP contribution in [-0.4, -0.2) is 10.9 Å². The van der Waals surface area contributed by atoms with Crippen molar-refractivity contribution in [3.8, 4) is 0 Å². The molecule has 0 radical (unpaired) electrons. The van der Waals surface area contributed by atoms with Gasteiger partial charge in [-0.15, -0.1) is 0 Å². The third-order valence-corrected chi connectivity index (χ3v) is 3.14. The van der Waals surface area contributed by atoms with Gasteiger partial charge in [-0.25, -0.2) is 5.84 Å². The molecular weight excluding hydrogens is 236 g/mol. The average Bonchev–Trinajstić information content (AvgIpc) is 2.76. The van der Waals surface area contributed by atoms with Crippen molar-refractivity contribution in [2.24, 2.45) is 5.84 Å². The molecule has 19 heavy (non-hydrogen) atoms. The number of hydrogen-bond acceptors (Lipinski definition) is 2. The number of hydrogen-bond donors (Lipinski definition) is 1. The van der Waals surface area contributed by atoms with E-state index in [1.54, 1.807) is 4.68 Å². The van der Waals surface area contributed by atoms with E-state index in [0.29, 0.717) is 0 Å². The summed E-state index contributed by atoms with van der Waals surface area (Å²) in [5.41, 5.74) is 2.84. The molecule has 3 nitrogen and oxygen atoms in total. The fraction of sp³-hybridized carbons (Fsp3) is 0.0625. The highest BCUT2D eigenvalue weighted by molar-refractivity contribution is 5.97. The van der Waals surface area contributed by atoms with Crippen molar-refractivity contribution in [1.82, 2.24) is 0 Å². The lowest BCUT2D eigenvalue weighted by Crippen LogP contribution is -2.15. The Balaban J connectivity index is 2.13. The molecule has 0 bridgehead atoms. The molecule has 0 aliphatic heterocycles. The van der Waals surface area contributed by atoms with Crippen molar-refractivity contribution in [1.29, 1.82) is 0 Å². The van der Waals surface area contributed by atoms with Gasteiger partial charge in [-0.3, -0.25) is 0 Å². The molecule has 94 valence electrons. The number of hydrazone groups is 1. The number of para-hydroxylation sites is 2. The Bertz CT molecular complexity index is 742. The second-order valence-electron chi connectivity index (χ2n) is 4.44. The maximum atomic E-state index is 6.08. The lowest BCUT2D eigenvalue weighted by Gasteiger charge is -1.94. The fourth-order valence-electron chi connectivity index (χ4n) is 2.16. The van der Waals surface area contributed by atoms with Crippen LogP contribution in [0.1, 0.15) is 11.3 Å². The molecule has 1 heterocycles. The first-order valence-corrected chi connectivity index (χ1v) is 6.17. The number of nitrogens with two attached hydrogens (primary N) is 1. The second kappa shape index (κ2) is 4.61. The van der Waals surface area contributed by atoms with Crippen molar-refractivity contribution in [3.63, 3.8) is 0 Å². The standard InChI is InChI=1S/C16H15N2O/c1-12-15(14-9-5-6-10-16(14)19-12)11-18(17)13-7-3-2-4-8-13/h2-11H,17H2,1H3/q+1. The van der Waals surface area contributed by atoms with Gasteiger partial charge in [0.1, 0.15) is 11.3 Å². The van der Waals surface area contributed by atoms with E-state index in [1.807, 2.05) is 67.7 Å². The van der Waals surface area contributed by atoms with Crippen LogP contribution < -0.4 is 5.84 Å². The van der Waals surface area contributed by atoms with Gasteiger partial charge in [0.2, 0.25) is 11.9 Å². The Morgan fingerprint density at radius 1 is 1.00 bits per heavy atom. The van der Waals surface area contributed by atoms with E-state index in [4.69, 9.17) is 10.3 Å². The third-order valence-electron chi connectivity index (χ3n) is 3.14. The molecule has 0 fully saturated rings. The maximum Gasteiger partial charge on any atom is 0.234 e. The second-order valence-corrected chi connectivity index (χ2v) is 4.44. The van der Waals surface area contributed by atoms with Crippen molar-refractivity contribution in [3.05, 3.63) is 65.9 Å². The van der Waals surface area contributed by atoms with Crippen molar-refractivity contribution < 1.29 is 9.10 Å². The Morgan fingerprint density at radius 3 is 2.47 bits per heavy atom. The van der Waals surface area contributed by atoms with Crippen LogP contribution in [0.5, 0.6) is 0 Å². The van der Waals surface area contributed by atoms with Crippen LogP contribution in [0, 0.1) is 6.92 Å². The van der Waals surface area contributed by atoms with Crippen LogP contribution >= 0.6 is 0 Å². The largest absolute Gasteiger partial charge is 0.460 e. The number of rotatable bonds is 2. The lowest BCUT2D eigenvalue weighted by molar-refractivity contribution is -0.446. The van der Waals surface area contributed by atoms with Gasteiger partial charge in [-0.05, 0) is 13.0 Å². The summed E-state index contributed by atoms with van der Waals surface area (Å²) in [7, 11) is 0. The summed E-state index contributed by atoms with van der Waals surface area (Å²) in [6, 6.07) is 17.8. The highest BCUT2D eigenvalue weighted by atomic mass is 16.3. The molecule has 3 aromatic rings. The van der Waals surface area contributed by atoms with E-state index in [2.05, 4.69) is 0 Å². The molecule has 0 saturated heterocycles. The highest BCUT2D eigenvalue weighted by Crippen LogP contribution is 2.23. The average molecular weight is 251 g/mol. The summed E-state index contributed by atoms with van der Waals surface area (Å²) in [6.45, 7) is 1.95. The van der Waals surface area contributed by atoms with Gasteiger partial charge in [0.15, 0.2) is 0 Å². The number of furan rings is 1. The molecule has 0 aliphatic carbocycles. The maximum absolute atomic E-state index is 6.08. The number of hydrazine groups is 1. The van der Waals surface area contributed by atoms with Crippen molar-refractivity contribution >= 4 is 22.9 Å². The molecule has 0 amide bonds. The van der Waals surface area contributed by atoms with Gasteiger partial charge in [0.05, 0.1) is 5.56 Å². The van der Waals surface area contributed by atoms with Gasteiger partial charge >= 0.3 is 0 Å². The molecule has 0 spiro atoms. The van der Waals surface area contributed by atoms with E-state index < -0.39 is 0 Å². The van der Waals surface area contributed by atoms with Crippen LogP contribution in [0.15, 0.2) is 59.0 Å². The van der Waals surface area contributed by atoms with Crippen molar-refractivity contribution in [2.75, 3.05) is 0 Å². The molecule has 2 aromatic carbocycles. The van der Waals surface area contributed by atoms with Gasteiger partial charge in [-0.1, -0.05) is 41.1 Å². The zero-order valence-corrected chi connectivity index (χ0v) is 10.7. The van der Waals surface area contributed by atoms with Gasteiger partial charge in [-0.2, -0.15) is 0 Å². The van der Waals surface area contributed by atoms with E-state index in [-0.39, 0.29) is 0 Å². The van der Waals surface area contributed by atoms with Gasteiger partial charge < -0.3 is 4.42 Å². The molecule has 3 rings (SSSR count). The Kier molecular flexibility index (Phi) is 2.80. The van der Waals surface area contributed by atoms with E-state index in [9.17, 15) is 0 Å². The lowest BCUT2D eigenvalue weighted by atomic mass is 10.1. The van der Waals surface area contributed by atoms with Crippen LogP contribution in [-0.2, 0) is 0 Å². The molecule has 0 aliphatic rings. The number of aryl methyl sites for hydroxylation is 1. The monoisotopic (exact) mass is 251 g/mol. The minimum absolute atomic E-state index is 0.868. The summed E-state index contributed by atoms with van der Waals surface area (Å²) in [4.78, 5) is 0. The highest BCUT2D eigenvalue weighted by Gasteiger charge is 2.13. The first-order chi connectivity index (χ1) is 9.25. The first-order valence-electron chi connectivity index (χ1n) is 6.17. The van der Waals surface area contributed by atoms with Crippen LogP contribution in [0.25, 0.3) is 11.0 Å². The van der Waals surface area contributed by atoms with Gasteiger partial charge in [0.25, 0.3) is 0 Å². The summed E-state index contributed by atoms with van der Waals surface area (Å²) in [6.07, 6.45) is 1.90. The van der Waals surface area contributed by atoms with Crippen molar-refractivity contribution in [2.45, 2.75) is 6.92 Å². The normalized spacial score (nSPS) is 11.9. The van der Waals surface area contributed by atoms with Crippen LogP contribution in [0.2, 0.25) is 0 Å². The van der Waals surface area contributed by atoms with E-state index in [0.717, 1.165) is 28.0 Å². The Morgan fingerprint density at radius 2 is 1.68 bits per heavy atom. The smallest absolute Gasteiger partial charge is 0.234 e. The topological polar surface area (TPSA) is 42.2 Å². The SMILES string of the molecule is Cc1oc2ccccc2c1C=[N+](N)c1ccccc1. The number of fused-ring (bicyclic) bond motifs is 1. The summed E-state index contributed by atoms with van der Waals surface area (Å²) < 4.78 is 7.34. The minimum Gasteiger partial charge on any atom is -0.460 e. The van der Waals surface area contributed by atoms with Gasteiger partial charge in [0, 0.05) is 17.5 Å². The number of nitrogens with zero attached hydrogens (tertiary/aromatic N) is 1. The molecule has 0 atom stereocenters. The quantitative estimate of drug-likeness (QED) is 0.328. The predicted octanol–water partition coefficient (Wildman–Crippen LogP) is 3.38. The molecule has 3 heteroatoms. The van der Waals surface area contributed by atoms with Crippen LogP contribution in [0.4, 0.5) is 5.69 Å². The molecular formula is C16H15N2O+. The Hall–Kier alpha value is -2.55. The van der Waals surface area contributed by atoms with E-state index in [1.165, 1.54) is 0 Å². The summed E-state index contributed by atoms with van der Waals surface area (Å²) in [5, 5.41) is 1.08. The molecule has 0 saturated carbocycles. The van der Waals surface area contributed by atoms with Crippen LogP contribution in [0.3, 0.4) is 0 Å². The predicted molar refractivity (Wildman–Crippen MR) is 76.7 cm³/mol. The first kappa shape index (κ1) is 11.5. The zero-order chi connectivity index (χ0) is 13.2.